The van der Waals surface area contributed by atoms with Gasteiger partial charge >= 0.3 is 5.97 Å². The van der Waals surface area contributed by atoms with E-state index in [-0.39, 0.29) is 12.6 Å². The third-order valence-electron chi connectivity index (χ3n) is 3.07. The normalized spacial score (nSPS) is 10.3. The van der Waals surface area contributed by atoms with Crippen molar-refractivity contribution >= 4 is 16.7 Å². The lowest BCUT2D eigenvalue weighted by Gasteiger charge is -2.11. The SMILES string of the molecule is C=C(C)C(=O)OCCOc1ccc2ccccc2c1C. The Labute approximate surface area is 118 Å². The quantitative estimate of drug-likeness (QED) is 0.472. The van der Waals surface area contributed by atoms with Crippen molar-refractivity contribution in [1.82, 2.24) is 0 Å². The zero-order chi connectivity index (χ0) is 14.5. The maximum Gasteiger partial charge on any atom is 0.333 e. The van der Waals surface area contributed by atoms with Gasteiger partial charge in [0.2, 0.25) is 0 Å². The Bertz CT molecular complexity index is 644. The van der Waals surface area contributed by atoms with Gasteiger partial charge < -0.3 is 9.47 Å². The van der Waals surface area contributed by atoms with Gasteiger partial charge in [0, 0.05) is 5.57 Å². The lowest BCUT2D eigenvalue weighted by atomic mass is 10.1. The fraction of sp³-hybridized carbons (Fsp3) is 0.235. The molecular weight excluding hydrogens is 252 g/mol. The van der Waals surface area contributed by atoms with Gasteiger partial charge in [0.15, 0.2) is 0 Å². The van der Waals surface area contributed by atoms with Gasteiger partial charge in [-0.05, 0) is 36.2 Å². The van der Waals surface area contributed by atoms with Crippen molar-refractivity contribution in [3.05, 3.63) is 54.1 Å². The van der Waals surface area contributed by atoms with E-state index in [0.29, 0.717) is 12.2 Å². The summed E-state index contributed by atoms with van der Waals surface area (Å²) < 4.78 is 10.7. The van der Waals surface area contributed by atoms with E-state index < -0.39 is 0 Å². The van der Waals surface area contributed by atoms with Crippen LogP contribution in [0.5, 0.6) is 5.75 Å². The zero-order valence-corrected chi connectivity index (χ0v) is 11.8. The first-order valence-electron chi connectivity index (χ1n) is 6.53. The van der Waals surface area contributed by atoms with E-state index in [9.17, 15) is 4.79 Å². The maximum atomic E-state index is 11.2. The number of rotatable bonds is 5. The van der Waals surface area contributed by atoms with Crippen molar-refractivity contribution in [2.45, 2.75) is 13.8 Å². The van der Waals surface area contributed by atoms with Crippen molar-refractivity contribution in [2.24, 2.45) is 0 Å². The molecule has 0 bridgehead atoms. The van der Waals surface area contributed by atoms with Gasteiger partial charge in [-0.25, -0.2) is 4.79 Å². The van der Waals surface area contributed by atoms with Crippen LogP contribution in [0.4, 0.5) is 0 Å². The molecule has 0 atom stereocenters. The Balaban J connectivity index is 1.98. The highest BCUT2D eigenvalue weighted by molar-refractivity contribution is 5.87. The van der Waals surface area contributed by atoms with Crippen LogP contribution >= 0.6 is 0 Å². The summed E-state index contributed by atoms with van der Waals surface area (Å²) in [6.07, 6.45) is 0. The molecule has 104 valence electrons. The molecule has 0 aromatic heterocycles. The van der Waals surface area contributed by atoms with Gasteiger partial charge in [-0.3, -0.25) is 0 Å². The van der Waals surface area contributed by atoms with Crippen LogP contribution in [-0.4, -0.2) is 19.2 Å². The monoisotopic (exact) mass is 270 g/mol. The highest BCUT2D eigenvalue weighted by Crippen LogP contribution is 2.26. The summed E-state index contributed by atoms with van der Waals surface area (Å²) in [6, 6.07) is 12.1. The van der Waals surface area contributed by atoms with Crippen LogP contribution in [0.3, 0.4) is 0 Å². The standard InChI is InChI=1S/C17H18O3/c1-12(2)17(18)20-11-10-19-16-9-8-14-6-4-5-7-15(14)13(16)3/h4-9H,1,10-11H2,2-3H3. The van der Waals surface area contributed by atoms with Crippen LogP contribution in [0, 0.1) is 6.92 Å². The van der Waals surface area contributed by atoms with Crippen molar-refractivity contribution in [2.75, 3.05) is 13.2 Å². The molecule has 2 aromatic carbocycles. The number of fused-ring (bicyclic) bond motifs is 1. The molecule has 0 aliphatic carbocycles. The fourth-order valence-electron chi connectivity index (χ4n) is 1.97. The Morgan fingerprint density at radius 2 is 1.90 bits per heavy atom. The van der Waals surface area contributed by atoms with Gasteiger partial charge in [-0.1, -0.05) is 36.9 Å². The summed E-state index contributed by atoms with van der Waals surface area (Å²) in [5.41, 5.74) is 1.49. The number of carbonyl (C=O) groups is 1. The summed E-state index contributed by atoms with van der Waals surface area (Å²) in [5.74, 6) is 0.430. The van der Waals surface area contributed by atoms with Gasteiger partial charge in [-0.2, -0.15) is 0 Å². The summed E-state index contributed by atoms with van der Waals surface area (Å²) in [6.45, 7) is 7.72. The van der Waals surface area contributed by atoms with E-state index in [1.165, 1.54) is 10.8 Å². The molecule has 0 fully saturated rings. The molecule has 0 saturated carbocycles. The number of hydrogen-bond donors (Lipinski definition) is 0. The zero-order valence-electron chi connectivity index (χ0n) is 11.8. The van der Waals surface area contributed by atoms with Gasteiger partial charge in [0.1, 0.15) is 19.0 Å². The van der Waals surface area contributed by atoms with E-state index in [4.69, 9.17) is 9.47 Å². The molecule has 0 amide bonds. The second-order valence-corrected chi connectivity index (χ2v) is 4.67. The predicted octanol–water partition coefficient (Wildman–Crippen LogP) is 3.65. The summed E-state index contributed by atoms with van der Waals surface area (Å²) in [7, 11) is 0. The highest BCUT2D eigenvalue weighted by Gasteiger charge is 2.06. The molecular formula is C17H18O3. The minimum absolute atomic E-state index is 0.220. The van der Waals surface area contributed by atoms with Crippen LogP contribution in [-0.2, 0) is 9.53 Å². The largest absolute Gasteiger partial charge is 0.490 e. The molecule has 0 saturated heterocycles. The lowest BCUT2D eigenvalue weighted by molar-refractivity contribution is -0.139. The van der Waals surface area contributed by atoms with Crippen LogP contribution in [0.2, 0.25) is 0 Å². The minimum Gasteiger partial charge on any atom is -0.490 e. The lowest BCUT2D eigenvalue weighted by Crippen LogP contribution is -2.12. The van der Waals surface area contributed by atoms with E-state index in [2.05, 4.69) is 18.7 Å². The molecule has 0 N–H and O–H groups in total. The Kier molecular flexibility index (Phi) is 4.41. The molecule has 20 heavy (non-hydrogen) atoms. The van der Waals surface area contributed by atoms with E-state index in [0.717, 1.165) is 11.3 Å². The Morgan fingerprint density at radius 1 is 1.15 bits per heavy atom. The summed E-state index contributed by atoms with van der Waals surface area (Å²) in [4.78, 5) is 11.2. The van der Waals surface area contributed by atoms with Crippen molar-refractivity contribution in [1.29, 1.82) is 0 Å². The number of aryl methyl sites for hydroxylation is 1. The van der Waals surface area contributed by atoms with Gasteiger partial charge in [0.05, 0.1) is 0 Å². The van der Waals surface area contributed by atoms with E-state index in [1.807, 2.05) is 31.2 Å². The third kappa shape index (κ3) is 3.18. The van der Waals surface area contributed by atoms with Crippen molar-refractivity contribution < 1.29 is 14.3 Å². The molecule has 0 radical (unpaired) electrons. The summed E-state index contributed by atoms with van der Waals surface area (Å²) in [5, 5.41) is 2.36. The Morgan fingerprint density at radius 3 is 2.65 bits per heavy atom. The number of benzene rings is 2. The maximum absolute atomic E-state index is 11.2. The molecule has 2 rings (SSSR count). The molecule has 0 aliphatic rings. The molecule has 3 nitrogen and oxygen atoms in total. The minimum atomic E-state index is -0.385. The molecule has 0 unspecified atom stereocenters. The summed E-state index contributed by atoms with van der Waals surface area (Å²) >= 11 is 0. The van der Waals surface area contributed by atoms with Crippen LogP contribution in [0.1, 0.15) is 12.5 Å². The van der Waals surface area contributed by atoms with Crippen LogP contribution in [0.25, 0.3) is 10.8 Å². The smallest absolute Gasteiger partial charge is 0.333 e. The molecule has 3 heteroatoms. The van der Waals surface area contributed by atoms with E-state index >= 15 is 0 Å². The molecule has 0 aliphatic heterocycles. The van der Waals surface area contributed by atoms with Crippen molar-refractivity contribution in [3.8, 4) is 5.75 Å². The molecule has 2 aromatic rings. The fourth-order valence-corrected chi connectivity index (χ4v) is 1.97. The van der Waals surface area contributed by atoms with Gasteiger partial charge in [0.25, 0.3) is 0 Å². The second kappa shape index (κ2) is 6.24. The average Bonchev–Trinajstić information content (AvgIpc) is 2.45. The number of carbonyl (C=O) groups excluding carboxylic acids is 1. The average molecular weight is 270 g/mol. The highest BCUT2D eigenvalue weighted by atomic mass is 16.6. The molecule has 0 heterocycles. The van der Waals surface area contributed by atoms with Crippen LogP contribution in [0.15, 0.2) is 48.6 Å². The number of esters is 1. The van der Waals surface area contributed by atoms with Crippen LogP contribution < -0.4 is 4.74 Å². The second-order valence-electron chi connectivity index (χ2n) is 4.67. The first kappa shape index (κ1) is 14.1. The topological polar surface area (TPSA) is 35.5 Å². The Hall–Kier alpha value is -2.29. The first-order valence-corrected chi connectivity index (χ1v) is 6.53. The van der Waals surface area contributed by atoms with Crippen molar-refractivity contribution in [3.63, 3.8) is 0 Å². The number of ether oxygens (including phenoxy) is 2. The third-order valence-corrected chi connectivity index (χ3v) is 3.07. The number of hydrogen-bond acceptors (Lipinski definition) is 3. The van der Waals surface area contributed by atoms with Gasteiger partial charge in [-0.15, -0.1) is 0 Å². The predicted molar refractivity (Wildman–Crippen MR) is 80.0 cm³/mol. The first-order chi connectivity index (χ1) is 9.59. The molecule has 0 spiro atoms. The van der Waals surface area contributed by atoms with E-state index in [1.54, 1.807) is 6.92 Å².